The molecule has 0 radical (unpaired) electrons. The number of carbonyl (C=O) groups is 3. The molecule has 1 saturated heterocycles. The van der Waals surface area contributed by atoms with Crippen molar-refractivity contribution in [3.63, 3.8) is 0 Å². The molecule has 2 amide bonds. The van der Waals surface area contributed by atoms with Crippen LogP contribution < -0.4 is 9.64 Å². The van der Waals surface area contributed by atoms with Gasteiger partial charge in [-0.3, -0.25) is 9.59 Å². The fourth-order valence-corrected chi connectivity index (χ4v) is 5.17. The number of furan rings is 1. The maximum Gasteiger partial charge on any atom is 0.374 e. The average molecular weight is 492 g/mol. The normalized spacial score (nSPS) is 16.7. The van der Waals surface area contributed by atoms with E-state index in [0.717, 1.165) is 0 Å². The van der Waals surface area contributed by atoms with Gasteiger partial charge in [-0.05, 0) is 31.2 Å². The zero-order valence-corrected chi connectivity index (χ0v) is 19.5. The fourth-order valence-electron chi connectivity index (χ4n) is 3.84. The number of fused-ring (bicyclic) bond motifs is 1. The van der Waals surface area contributed by atoms with Gasteiger partial charge >= 0.3 is 5.97 Å². The molecule has 2 aromatic rings. The van der Waals surface area contributed by atoms with Gasteiger partial charge < -0.3 is 23.7 Å². The smallest absolute Gasteiger partial charge is 0.374 e. The van der Waals surface area contributed by atoms with Crippen LogP contribution in [0.4, 0.5) is 5.69 Å². The largest absolute Gasteiger partial charge is 0.482 e. The highest BCUT2D eigenvalue weighted by molar-refractivity contribution is 7.89. The second-order valence-corrected chi connectivity index (χ2v) is 9.54. The number of piperazine rings is 1. The monoisotopic (exact) mass is 491 g/mol. The summed E-state index contributed by atoms with van der Waals surface area (Å²) in [7, 11) is -3.95. The Morgan fingerprint density at radius 3 is 2.53 bits per heavy atom. The Labute approximate surface area is 196 Å². The van der Waals surface area contributed by atoms with Crippen LogP contribution in [0.1, 0.15) is 23.9 Å². The number of esters is 1. The summed E-state index contributed by atoms with van der Waals surface area (Å²) in [5, 5.41) is -0.347. The summed E-state index contributed by atoms with van der Waals surface area (Å²) in [6.07, 6.45) is 0.105. The Balaban J connectivity index is 1.33. The molecule has 0 bridgehead atoms. The number of anilines is 1. The van der Waals surface area contributed by atoms with Gasteiger partial charge in [-0.2, -0.15) is 4.31 Å². The van der Waals surface area contributed by atoms with Crippen LogP contribution in [0, 0.1) is 0 Å². The third-order valence-electron chi connectivity index (χ3n) is 5.60. The topological polar surface area (TPSA) is 127 Å². The molecule has 34 heavy (non-hydrogen) atoms. The van der Waals surface area contributed by atoms with Crippen molar-refractivity contribution in [2.45, 2.75) is 18.4 Å². The van der Waals surface area contributed by atoms with Crippen molar-refractivity contribution >= 4 is 33.5 Å². The van der Waals surface area contributed by atoms with E-state index in [0.29, 0.717) is 11.4 Å². The van der Waals surface area contributed by atoms with E-state index < -0.39 is 16.0 Å². The van der Waals surface area contributed by atoms with Crippen LogP contribution in [-0.4, -0.2) is 81.3 Å². The minimum atomic E-state index is -3.95. The van der Waals surface area contributed by atoms with Crippen LogP contribution in [0.2, 0.25) is 0 Å². The van der Waals surface area contributed by atoms with Crippen molar-refractivity contribution in [3.05, 3.63) is 42.2 Å². The van der Waals surface area contributed by atoms with Gasteiger partial charge in [0.1, 0.15) is 5.75 Å². The van der Waals surface area contributed by atoms with Crippen LogP contribution >= 0.6 is 0 Å². The van der Waals surface area contributed by atoms with Crippen molar-refractivity contribution in [1.29, 1.82) is 0 Å². The van der Waals surface area contributed by atoms with Gasteiger partial charge in [-0.1, -0.05) is 12.1 Å². The molecule has 182 valence electrons. The summed E-state index contributed by atoms with van der Waals surface area (Å²) in [5.41, 5.74) is 0.628. The van der Waals surface area contributed by atoms with Crippen LogP contribution in [-0.2, 0) is 24.3 Å². The number of benzene rings is 1. The zero-order valence-electron chi connectivity index (χ0n) is 18.6. The van der Waals surface area contributed by atoms with E-state index in [-0.39, 0.29) is 75.0 Å². The second-order valence-electron chi connectivity index (χ2n) is 7.68. The maximum atomic E-state index is 12.9. The number of ether oxygens (including phenoxy) is 2. The highest BCUT2D eigenvalue weighted by atomic mass is 32.2. The van der Waals surface area contributed by atoms with Crippen molar-refractivity contribution in [3.8, 4) is 5.75 Å². The minimum Gasteiger partial charge on any atom is -0.482 e. The molecule has 0 N–H and O–H groups in total. The minimum absolute atomic E-state index is 0.0770. The Morgan fingerprint density at radius 2 is 1.79 bits per heavy atom. The number of hydrogen-bond acceptors (Lipinski definition) is 8. The third-order valence-corrected chi connectivity index (χ3v) is 7.37. The number of rotatable bonds is 7. The molecule has 2 aliphatic heterocycles. The van der Waals surface area contributed by atoms with Crippen LogP contribution in [0.5, 0.6) is 5.75 Å². The Hall–Kier alpha value is -3.38. The Bertz CT molecular complexity index is 1180. The molecule has 1 fully saturated rings. The number of para-hydroxylation sites is 2. The van der Waals surface area contributed by atoms with Gasteiger partial charge in [0.05, 0.1) is 12.3 Å². The highest BCUT2D eigenvalue weighted by Crippen LogP contribution is 2.31. The summed E-state index contributed by atoms with van der Waals surface area (Å²) in [5.74, 6) is -0.717. The van der Waals surface area contributed by atoms with Gasteiger partial charge in [-0.25, -0.2) is 13.2 Å². The fraction of sp³-hybridized carbons (Fsp3) is 0.409. The Kier molecular flexibility index (Phi) is 6.89. The summed E-state index contributed by atoms with van der Waals surface area (Å²) in [6.45, 7) is 2.49. The second kappa shape index (κ2) is 9.85. The number of hydrogen-bond donors (Lipinski definition) is 0. The molecule has 12 heteroatoms. The van der Waals surface area contributed by atoms with Gasteiger partial charge in [0.25, 0.3) is 15.9 Å². The predicted octanol–water partition coefficient (Wildman–Crippen LogP) is 1.10. The van der Waals surface area contributed by atoms with Gasteiger partial charge in [0.15, 0.2) is 6.61 Å². The standard InChI is InChI=1S/C22H25N3O8S/c1-2-31-22(28)18-7-8-21(33-18)34(29,30)24-13-11-23(12-14-24)19(26)9-10-25-16-5-3-4-6-17(16)32-15-20(25)27/h3-8H,2,9-15H2,1H3. The van der Waals surface area contributed by atoms with E-state index in [4.69, 9.17) is 13.9 Å². The molecular formula is C22H25N3O8S. The quantitative estimate of drug-likeness (QED) is 0.527. The lowest BCUT2D eigenvalue weighted by molar-refractivity contribution is -0.132. The number of nitrogens with zero attached hydrogens (tertiary/aromatic N) is 3. The van der Waals surface area contributed by atoms with Crippen molar-refractivity contribution in [2.75, 3.05) is 50.8 Å². The van der Waals surface area contributed by atoms with E-state index in [1.165, 1.54) is 21.3 Å². The first-order valence-corrected chi connectivity index (χ1v) is 12.3. The van der Waals surface area contributed by atoms with Crippen LogP contribution in [0.15, 0.2) is 45.9 Å². The Morgan fingerprint density at radius 1 is 1.06 bits per heavy atom. The summed E-state index contributed by atoms with van der Waals surface area (Å²) >= 11 is 0. The van der Waals surface area contributed by atoms with E-state index >= 15 is 0 Å². The first-order valence-electron chi connectivity index (χ1n) is 10.9. The van der Waals surface area contributed by atoms with E-state index in [1.807, 2.05) is 6.07 Å². The van der Waals surface area contributed by atoms with Crippen LogP contribution in [0.3, 0.4) is 0 Å². The molecule has 3 heterocycles. The first kappa shape index (κ1) is 23.8. The van der Waals surface area contributed by atoms with E-state index in [9.17, 15) is 22.8 Å². The SMILES string of the molecule is CCOC(=O)c1ccc(S(=O)(=O)N2CCN(C(=O)CCN3C(=O)COc4ccccc43)CC2)o1. The highest BCUT2D eigenvalue weighted by Gasteiger charge is 2.33. The maximum absolute atomic E-state index is 12.9. The lowest BCUT2D eigenvalue weighted by atomic mass is 10.2. The number of carbonyl (C=O) groups excluding carboxylic acids is 3. The molecule has 0 spiro atoms. The molecule has 0 aliphatic carbocycles. The lowest BCUT2D eigenvalue weighted by Gasteiger charge is -2.34. The molecule has 1 aromatic heterocycles. The van der Waals surface area contributed by atoms with Gasteiger partial charge in [0.2, 0.25) is 16.8 Å². The third kappa shape index (κ3) is 4.77. The molecule has 4 rings (SSSR count). The summed E-state index contributed by atoms with van der Waals surface area (Å²) in [6, 6.07) is 9.62. The number of amides is 2. The predicted molar refractivity (Wildman–Crippen MR) is 119 cm³/mol. The molecular weight excluding hydrogens is 466 g/mol. The first-order chi connectivity index (χ1) is 16.3. The van der Waals surface area contributed by atoms with E-state index in [2.05, 4.69) is 0 Å². The van der Waals surface area contributed by atoms with Crippen molar-refractivity contribution in [1.82, 2.24) is 9.21 Å². The van der Waals surface area contributed by atoms with Crippen molar-refractivity contribution < 1.29 is 36.7 Å². The molecule has 11 nitrogen and oxygen atoms in total. The molecule has 0 unspecified atom stereocenters. The number of sulfonamides is 1. The molecule has 0 atom stereocenters. The van der Waals surface area contributed by atoms with Crippen LogP contribution in [0.25, 0.3) is 0 Å². The molecule has 1 aromatic carbocycles. The molecule has 0 saturated carbocycles. The zero-order chi connectivity index (χ0) is 24.3. The van der Waals surface area contributed by atoms with Crippen molar-refractivity contribution in [2.24, 2.45) is 0 Å². The van der Waals surface area contributed by atoms with Gasteiger partial charge in [-0.15, -0.1) is 0 Å². The average Bonchev–Trinajstić information content (AvgIpc) is 3.35. The lowest BCUT2D eigenvalue weighted by Crippen LogP contribution is -2.51. The molecule has 2 aliphatic rings. The van der Waals surface area contributed by atoms with Gasteiger partial charge in [0, 0.05) is 39.1 Å². The van der Waals surface area contributed by atoms with E-state index in [1.54, 1.807) is 30.0 Å². The summed E-state index contributed by atoms with van der Waals surface area (Å²) < 4.78 is 42.4. The summed E-state index contributed by atoms with van der Waals surface area (Å²) in [4.78, 5) is 39.9.